The Kier molecular flexibility index (Phi) is 4.12. The normalized spacial score (nSPS) is 13.8. The van der Waals surface area contributed by atoms with Crippen molar-refractivity contribution in [2.45, 2.75) is 33.1 Å². The lowest BCUT2D eigenvalue weighted by Crippen LogP contribution is -2.09. The van der Waals surface area contributed by atoms with Gasteiger partial charge in [-0.1, -0.05) is 60.2 Å². The van der Waals surface area contributed by atoms with Gasteiger partial charge in [-0.05, 0) is 70.9 Å². The van der Waals surface area contributed by atoms with Crippen molar-refractivity contribution >= 4 is 27.9 Å². The Morgan fingerprint density at radius 3 is 2.54 bits per heavy atom. The molecular formula is C24H22O2. The zero-order valence-corrected chi connectivity index (χ0v) is 15.2. The molecule has 0 saturated carbocycles. The lowest BCUT2D eigenvalue weighted by molar-refractivity contribution is -0.135. The van der Waals surface area contributed by atoms with Gasteiger partial charge in [-0.3, -0.25) is 4.79 Å². The highest BCUT2D eigenvalue weighted by Gasteiger charge is 2.23. The number of carboxylic acid groups (broad SMARTS) is 1. The first kappa shape index (κ1) is 16.6. The molecule has 1 aliphatic carbocycles. The molecule has 26 heavy (non-hydrogen) atoms. The van der Waals surface area contributed by atoms with Crippen LogP contribution in [-0.4, -0.2) is 11.1 Å². The summed E-state index contributed by atoms with van der Waals surface area (Å²) in [6.07, 6.45) is 1.89. The largest absolute Gasteiger partial charge is 0.481 e. The maximum Gasteiger partial charge on any atom is 0.307 e. The third kappa shape index (κ3) is 2.82. The van der Waals surface area contributed by atoms with Gasteiger partial charge in [-0.15, -0.1) is 0 Å². The molecule has 0 bridgehead atoms. The van der Waals surface area contributed by atoms with E-state index in [1.165, 1.54) is 33.0 Å². The summed E-state index contributed by atoms with van der Waals surface area (Å²) in [6.45, 7) is 4.21. The molecule has 3 aromatic carbocycles. The molecule has 0 fully saturated rings. The molecule has 0 radical (unpaired) electrons. The maximum atomic E-state index is 11.6. The molecular weight excluding hydrogens is 320 g/mol. The Labute approximate surface area is 153 Å². The first-order valence-electron chi connectivity index (χ1n) is 9.07. The fourth-order valence-corrected chi connectivity index (χ4v) is 4.20. The van der Waals surface area contributed by atoms with E-state index in [9.17, 15) is 9.90 Å². The van der Waals surface area contributed by atoms with E-state index >= 15 is 0 Å². The molecule has 0 atom stereocenters. The summed E-state index contributed by atoms with van der Waals surface area (Å²) in [5.41, 5.74) is 8.15. The van der Waals surface area contributed by atoms with Crippen LogP contribution in [0.5, 0.6) is 0 Å². The second kappa shape index (κ2) is 6.45. The molecule has 0 aliphatic heterocycles. The highest BCUT2D eigenvalue weighted by atomic mass is 16.4. The van der Waals surface area contributed by atoms with Crippen LogP contribution in [0.4, 0.5) is 0 Å². The van der Waals surface area contributed by atoms with Gasteiger partial charge < -0.3 is 5.11 Å². The number of aliphatic carboxylic acids is 1. The number of rotatable bonds is 3. The quantitative estimate of drug-likeness (QED) is 0.654. The van der Waals surface area contributed by atoms with Crippen LogP contribution in [0.15, 0.2) is 54.6 Å². The van der Waals surface area contributed by atoms with E-state index in [1.807, 2.05) is 0 Å². The lowest BCUT2D eigenvalue weighted by Gasteiger charge is -2.25. The molecule has 3 aromatic rings. The lowest BCUT2D eigenvalue weighted by atomic mass is 9.79. The third-order valence-electron chi connectivity index (χ3n) is 5.40. The Morgan fingerprint density at radius 1 is 0.962 bits per heavy atom. The maximum absolute atomic E-state index is 11.6. The third-order valence-corrected chi connectivity index (χ3v) is 5.40. The number of carboxylic acids is 1. The molecule has 0 aromatic heterocycles. The van der Waals surface area contributed by atoms with E-state index in [2.05, 4.69) is 68.4 Å². The Bertz CT molecular complexity index is 1060. The van der Waals surface area contributed by atoms with E-state index in [4.69, 9.17) is 0 Å². The molecule has 0 saturated heterocycles. The van der Waals surface area contributed by atoms with Crippen molar-refractivity contribution < 1.29 is 9.90 Å². The second-order valence-electron chi connectivity index (χ2n) is 7.16. The summed E-state index contributed by atoms with van der Waals surface area (Å²) >= 11 is 0. The van der Waals surface area contributed by atoms with Crippen LogP contribution in [0.2, 0.25) is 0 Å². The zero-order valence-electron chi connectivity index (χ0n) is 15.2. The van der Waals surface area contributed by atoms with Crippen LogP contribution < -0.4 is 0 Å². The Balaban J connectivity index is 1.98. The molecule has 0 heterocycles. The highest BCUT2D eigenvalue weighted by Crippen LogP contribution is 2.41. The minimum atomic E-state index is -0.776. The van der Waals surface area contributed by atoms with Crippen molar-refractivity contribution in [2.24, 2.45) is 0 Å². The highest BCUT2D eigenvalue weighted by molar-refractivity contribution is 6.03. The Morgan fingerprint density at radius 2 is 1.77 bits per heavy atom. The molecule has 4 rings (SSSR count). The van der Waals surface area contributed by atoms with Gasteiger partial charge in [0.1, 0.15) is 0 Å². The van der Waals surface area contributed by atoms with Crippen LogP contribution in [0, 0.1) is 13.8 Å². The van der Waals surface area contributed by atoms with E-state index in [-0.39, 0.29) is 6.42 Å². The minimum absolute atomic E-state index is 0.0631. The average Bonchev–Trinajstić information content (AvgIpc) is 2.61. The number of aryl methyl sites for hydroxylation is 3. The van der Waals surface area contributed by atoms with Crippen LogP contribution in [0.25, 0.3) is 21.9 Å². The summed E-state index contributed by atoms with van der Waals surface area (Å²) in [6, 6.07) is 19.0. The molecule has 1 aliphatic rings. The number of hydrogen-bond donors (Lipinski definition) is 1. The molecule has 130 valence electrons. The number of allylic oxidation sites excluding steroid dienone is 1. The van der Waals surface area contributed by atoms with Crippen LogP contribution in [0.1, 0.15) is 40.7 Å². The standard InChI is InChI=1S/C24H22O2/c1-15-5-3-7-17(13-15)19-10-12-21-20-8-4-6-16(2)18(20)9-11-22(21)23(19)14-24(25)26/h3-9,11,13H,10,12,14H2,1-2H3,(H,25,26). The second-order valence-corrected chi connectivity index (χ2v) is 7.16. The van der Waals surface area contributed by atoms with Gasteiger partial charge in [0.25, 0.3) is 0 Å². The predicted octanol–water partition coefficient (Wildman–Crippen LogP) is 5.79. The van der Waals surface area contributed by atoms with Crippen molar-refractivity contribution in [2.75, 3.05) is 0 Å². The number of hydrogen-bond acceptors (Lipinski definition) is 1. The number of benzene rings is 3. The topological polar surface area (TPSA) is 37.3 Å². The summed E-state index contributed by atoms with van der Waals surface area (Å²) in [4.78, 5) is 11.6. The predicted molar refractivity (Wildman–Crippen MR) is 107 cm³/mol. The Hall–Kier alpha value is -2.87. The van der Waals surface area contributed by atoms with E-state index < -0.39 is 5.97 Å². The fourth-order valence-electron chi connectivity index (χ4n) is 4.20. The van der Waals surface area contributed by atoms with Crippen LogP contribution >= 0.6 is 0 Å². The van der Waals surface area contributed by atoms with Crippen molar-refractivity contribution in [3.8, 4) is 0 Å². The minimum Gasteiger partial charge on any atom is -0.481 e. The van der Waals surface area contributed by atoms with Gasteiger partial charge >= 0.3 is 5.97 Å². The van der Waals surface area contributed by atoms with Gasteiger partial charge in [0, 0.05) is 0 Å². The number of fused-ring (bicyclic) bond motifs is 3. The summed E-state index contributed by atoms with van der Waals surface area (Å²) in [5, 5.41) is 12.1. The SMILES string of the molecule is Cc1cccc(C2=C(CC(=O)O)c3ccc4c(C)cccc4c3CC2)c1. The van der Waals surface area contributed by atoms with Gasteiger partial charge in [0.2, 0.25) is 0 Å². The summed E-state index contributed by atoms with van der Waals surface area (Å²) in [7, 11) is 0. The molecule has 0 amide bonds. The summed E-state index contributed by atoms with van der Waals surface area (Å²) in [5.74, 6) is -0.776. The average molecular weight is 342 g/mol. The van der Waals surface area contributed by atoms with Crippen molar-refractivity contribution in [3.05, 3.63) is 82.4 Å². The van der Waals surface area contributed by atoms with Gasteiger partial charge in [-0.2, -0.15) is 0 Å². The van der Waals surface area contributed by atoms with Crippen LogP contribution in [-0.2, 0) is 11.2 Å². The fraction of sp³-hybridized carbons (Fsp3) is 0.208. The first-order chi connectivity index (χ1) is 12.5. The number of carbonyl (C=O) groups is 1. The molecule has 1 N–H and O–H groups in total. The van der Waals surface area contributed by atoms with E-state index in [0.717, 1.165) is 29.5 Å². The molecule has 2 heteroatoms. The van der Waals surface area contributed by atoms with Gasteiger partial charge in [0.05, 0.1) is 6.42 Å². The zero-order chi connectivity index (χ0) is 18.3. The smallest absolute Gasteiger partial charge is 0.307 e. The molecule has 0 unspecified atom stereocenters. The van der Waals surface area contributed by atoms with Gasteiger partial charge in [-0.25, -0.2) is 0 Å². The molecule has 0 spiro atoms. The summed E-state index contributed by atoms with van der Waals surface area (Å²) < 4.78 is 0. The first-order valence-corrected chi connectivity index (χ1v) is 9.07. The van der Waals surface area contributed by atoms with Crippen molar-refractivity contribution in [1.82, 2.24) is 0 Å². The van der Waals surface area contributed by atoms with Crippen molar-refractivity contribution in [1.29, 1.82) is 0 Å². The molecule has 2 nitrogen and oxygen atoms in total. The van der Waals surface area contributed by atoms with Gasteiger partial charge in [0.15, 0.2) is 0 Å². The van der Waals surface area contributed by atoms with Crippen LogP contribution in [0.3, 0.4) is 0 Å². The van der Waals surface area contributed by atoms with E-state index in [0.29, 0.717) is 0 Å². The monoisotopic (exact) mass is 342 g/mol. The van der Waals surface area contributed by atoms with Crippen molar-refractivity contribution in [3.63, 3.8) is 0 Å². The van der Waals surface area contributed by atoms with E-state index in [1.54, 1.807) is 0 Å².